The zero-order valence-corrected chi connectivity index (χ0v) is 13.6. The highest BCUT2D eigenvalue weighted by Gasteiger charge is 2.00. The Morgan fingerprint density at radius 1 is 1.25 bits per heavy atom. The van der Waals surface area contributed by atoms with Gasteiger partial charge in [-0.05, 0) is 36.9 Å². The van der Waals surface area contributed by atoms with Gasteiger partial charge in [-0.25, -0.2) is 4.79 Å². The molecule has 0 aliphatic rings. The highest BCUT2D eigenvalue weighted by molar-refractivity contribution is 9.10. The molecule has 0 saturated heterocycles. The molecule has 110 valence electrons. The fourth-order valence-corrected chi connectivity index (χ4v) is 1.97. The number of likely N-dealkylation sites (N-methyl/N-ethyl adjacent to an activating group) is 1. The number of benzene rings is 1. The van der Waals surface area contributed by atoms with Crippen LogP contribution in [0.4, 0.5) is 4.79 Å². The van der Waals surface area contributed by atoms with E-state index in [1.165, 1.54) is 0 Å². The standard InChI is InChI=1S/C15H22BrN3O/c1-3-19(4-2)12-11-18-15(20)17-10-9-13-5-7-14(16)8-6-13/h5-10H,3-4,11-12H2,1-2H3,(H2,17,18,20)/b10-9+. The zero-order valence-electron chi connectivity index (χ0n) is 12.0. The van der Waals surface area contributed by atoms with Crippen molar-refractivity contribution in [1.29, 1.82) is 0 Å². The van der Waals surface area contributed by atoms with E-state index < -0.39 is 0 Å². The minimum Gasteiger partial charge on any atom is -0.337 e. The molecule has 5 heteroatoms. The lowest BCUT2D eigenvalue weighted by molar-refractivity contribution is 0.240. The molecule has 0 aliphatic heterocycles. The molecule has 0 aromatic heterocycles. The number of carbonyl (C=O) groups excluding carboxylic acids is 1. The number of hydrogen-bond donors (Lipinski definition) is 2. The average molecular weight is 340 g/mol. The van der Waals surface area contributed by atoms with Gasteiger partial charge in [-0.15, -0.1) is 0 Å². The molecular formula is C15H22BrN3O. The summed E-state index contributed by atoms with van der Waals surface area (Å²) in [5.41, 5.74) is 1.04. The molecule has 0 heterocycles. The second kappa shape index (κ2) is 9.55. The van der Waals surface area contributed by atoms with Crippen molar-refractivity contribution in [2.24, 2.45) is 0 Å². The van der Waals surface area contributed by atoms with Crippen molar-refractivity contribution >= 4 is 28.0 Å². The molecule has 0 fully saturated rings. The van der Waals surface area contributed by atoms with Crippen LogP contribution in [0.3, 0.4) is 0 Å². The van der Waals surface area contributed by atoms with Crippen LogP contribution in [0.2, 0.25) is 0 Å². The van der Waals surface area contributed by atoms with E-state index in [1.54, 1.807) is 6.20 Å². The van der Waals surface area contributed by atoms with E-state index in [9.17, 15) is 4.79 Å². The molecule has 0 spiro atoms. The third kappa shape index (κ3) is 6.73. The molecule has 0 bridgehead atoms. The summed E-state index contributed by atoms with van der Waals surface area (Å²) in [6, 6.07) is 7.69. The topological polar surface area (TPSA) is 44.4 Å². The molecule has 0 saturated carbocycles. The van der Waals surface area contributed by atoms with Gasteiger partial charge in [0.2, 0.25) is 0 Å². The number of nitrogens with zero attached hydrogens (tertiary/aromatic N) is 1. The van der Waals surface area contributed by atoms with E-state index in [4.69, 9.17) is 0 Å². The summed E-state index contributed by atoms with van der Waals surface area (Å²) in [6.45, 7) is 7.76. The summed E-state index contributed by atoms with van der Waals surface area (Å²) >= 11 is 3.38. The van der Waals surface area contributed by atoms with Crippen LogP contribution in [0, 0.1) is 0 Å². The first-order chi connectivity index (χ1) is 9.65. The van der Waals surface area contributed by atoms with Crippen molar-refractivity contribution in [3.8, 4) is 0 Å². The number of rotatable bonds is 7. The van der Waals surface area contributed by atoms with Crippen LogP contribution in [0.1, 0.15) is 19.4 Å². The highest BCUT2D eigenvalue weighted by Crippen LogP contribution is 2.11. The van der Waals surface area contributed by atoms with Crippen molar-refractivity contribution in [3.63, 3.8) is 0 Å². The lowest BCUT2D eigenvalue weighted by atomic mass is 10.2. The van der Waals surface area contributed by atoms with Gasteiger partial charge in [0.1, 0.15) is 0 Å². The van der Waals surface area contributed by atoms with Crippen molar-refractivity contribution in [1.82, 2.24) is 15.5 Å². The zero-order chi connectivity index (χ0) is 14.8. The summed E-state index contributed by atoms with van der Waals surface area (Å²) in [7, 11) is 0. The minimum absolute atomic E-state index is 0.175. The molecule has 0 atom stereocenters. The van der Waals surface area contributed by atoms with E-state index in [0.717, 1.165) is 29.7 Å². The number of carbonyl (C=O) groups is 1. The van der Waals surface area contributed by atoms with Gasteiger partial charge in [-0.1, -0.05) is 41.9 Å². The number of halogens is 1. The van der Waals surface area contributed by atoms with Gasteiger partial charge in [0.15, 0.2) is 0 Å². The fraction of sp³-hybridized carbons (Fsp3) is 0.400. The van der Waals surface area contributed by atoms with Crippen LogP contribution in [-0.2, 0) is 0 Å². The van der Waals surface area contributed by atoms with Crippen LogP contribution in [0.5, 0.6) is 0 Å². The molecule has 20 heavy (non-hydrogen) atoms. The number of urea groups is 1. The maximum atomic E-state index is 11.5. The van der Waals surface area contributed by atoms with E-state index in [0.29, 0.717) is 6.54 Å². The number of amides is 2. The highest BCUT2D eigenvalue weighted by atomic mass is 79.9. The van der Waals surface area contributed by atoms with Crippen LogP contribution in [0.15, 0.2) is 34.9 Å². The van der Waals surface area contributed by atoms with E-state index in [1.807, 2.05) is 30.3 Å². The van der Waals surface area contributed by atoms with Gasteiger partial charge >= 0.3 is 6.03 Å². The van der Waals surface area contributed by atoms with Crippen molar-refractivity contribution in [2.75, 3.05) is 26.2 Å². The summed E-state index contributed by atoms with van der Waals surface area (Å²) in [5.74, 6) is 0. The molecule has 2 amide bonds. The molecule has 2 N–H and O–H groups in total. The van der Waals surface area contributed by atoms with E-state index in [-0.39, 0.29) is 6.03 Å². The average Bonchev–Trinajstić information content (AvgIpc) is 2.46. The Balaban J connectivity index is 2.24. The predicted octanol–water partition coefficient (Wildman–Crippen LogP) is 3.06. The Morgan fingerprint density at radius 3 is 2.50 bits per heavy atom. The summed E-state index contributed by atoms with van der Waals surface area (Å²) in [6.07, 6.45) is 3.51. The number of hydrogen-bond acceptors (Lipinski definition) is 2. The quantitative estimate of drug-likeness (QED) is 0.801. The molecule has 1 aromatic rings. The predicted molar refractivity (Wildman–Crippen MR) is 87.5 cm³/mol. The summed E-state index contributed by atoms with van der Waals surface area (Å²) in [5, 5.41) is 5.52. The number of nitrogens with one attached hydrogen (secondary N) is 2. The first-order valence-corrected chi connectivity index (χ1v) is 7.63. The van der Waals surface area contributed by atoms with Gasteiger partial charge in [-0.2, -0.15) is 0 Å². The van der Waals surface area contributed by atoms with Crippen molar-refractivity contribution in [2.45, 2.75) is 13.8 Å². The van der Waals surface area contributed by atoms with Crippen LogP contribution in [0.25, 0.3) is 6.08 Å². The molecule has 0 radical (unpaired) electrons. The van der Waals surface area contributed by atoms with Gasteiger partial charge in [-0.3, -0.25) is 0 Å². The third-order valence-electron chi connectivity index (χ3n) is 2.97. The molecule has 1 aromatic carbocycles. The Hall–Kier alpha value is -1.33. The van der Waals surface area contributed by atoms with Crippen molar-refractivity contribution in [3.05, 3.63) is 40.5 Å². The SMILES string of the molecule is CCN(CC)CCNC(=O)N/C=C/c1ccc(Br)cc1. The molecular weight excluding hydrogens is 318 g/mol. The molecule has 1 rings (SSSR count). The maximum absolute atomic E-state index is 11.5. The van der Waals surface area contributed by atoms with Crippen molar-refractivity contribution < 1.29 is 4.79 Å². The third-order valence-corrected chi connectivity index (χ3v) is 3.50. The maximum Gasteiger partial charge on any atom is 0.318 e. The van der Waals surface area contributed by atoms with Gasteiger partial charge in [0.25, 0.3) is 0 Å². The molecule has 0 unspecified atom stereocenters. The van der Waals surface area contributed by atoms with Gasteiger partial charge in [0, 0.05) is 23.8 Å². The monoisotopic (exact) mass is 339 g/mol. The van der Waals surface area contributed by atoms with E-state index >= 15 is 0 Å². The smallest absolute Gasteiger partial charge is 0.318 e. The summed E-state index contributed by atoms with van der Waals surface area (Å²) < 4.78 is 1.04. The normalized spacial score (nSPS) is 11.0. The fourth-order valence-electron chi connectivity index (χ4n) is 1.71. The Kier molecular flexibility index (Phi) is 7.99. The van der Waals surface area contributed by atoms with E-state index in [2.05, 4.69) is 45.3 Å². The first-order valence-electron chi connectivity index (χ1n) is 6.84. The second-order valence-electron chi connectivity index (χ2n) is 4.31. The first kappa shape index (κ1) is 16.7. The minimum atomic E-state index is -0.175. The summed E-state index contributed by atoms with van der Waals surface area (Å²) in [4.78, 5) is 13.8. The Bertz CT molecular complexity index is 427. The van der Waals surface area contributed by atoms with Crippen LogP contribution in [-0.4, -0.2) is 37.1 Å². The Morgan fingerprint density at radius 2 is 1.90 bits per heavy atom. The van der Waals surface area contributed by atoms with Crippen LogP contribution < -0.4 is 10.6 Å². The van der Waals surface area contributed by atoms with Crippen LogP contribution >= 0.6 is 15.9 Å². The second-order valence-corrected chi connectivity index (χ2v) is 5.23. The molecule has 0 aliphatic carbocycles. The lowest BCUT2D eigenvalue weighted by Crippen LogP contribution is -2.38. The van der Waals surface area contributed by atoms with Gasteiger partial charge in [0.05, 0.1) is 0 Å². The van der Waals surface area contributed by atoms with Gasteiger partial charge < -0.3 is 15.5 Å². The largest absolute Gasteiger partial charge is 0.337 e. The lowest BCUT2D eigenvalue weighted by Gasteiger charge is -2.17. The molecule has 4 nitrogen and oxygen atoms in total. The Labute approximate surface area is 129 Å².